The molecule has 0 spiro atoms. The van der Waals surface area contributed by atoms with Crippen LogP contribution in [-0.2, 0) is 32.7 Å². The van der Waals surface area contributed by atoms with Crippen LogP contribution in [0.15, 0.2) is 24.3 Å². The zero-order valence-corrected chi connectivity index (χ0v) is 30.2. The van der Waals surface area contributed by atoms with E-state index < -0.39 is 26.5 Å². The van der Waals surface area contributed by atoms with Gasteiger partial charge in [-0.2, -0.15) is 0 Å². The molecule has 10 heteroatoms. The number of esters is 2. The number of phosphoric acid groups is 1. The fraction of sp³-hybridized carbons (Fsp3) is 0.829. The minimum Gasteiger partial charge on any atom is -0.462 e. The van der Waals surface area contributed by atoms with E-state index in [1.807, 2.05) is 21.1 Å². The average Bonchev–Trinajstić information content (AvgIpc) is 2.97. The molecule has 0 aromatic carbocycles. The van der Waals surface area contributed by atoms with Crippen LogP contribution in [0.25, 0.3) is 0 Å². The van der Waals surface area contributed by atoms with Crippen LogP contribution in [0, 0.1) is 0 Å². The van der Waals surface area contributed by atoms with Gasteiger partial charge in [0.1, 0.15) is 19.8 Å². The molecule has 0 aliphatic rings. The van der Waals surface area contributed by atoms with E-state index in [2.05, 4.69) is 38.2 Å². The van der Waals surface area contributed by atoms with E-state index in [1.54, 1.807) is 0 Å². The highest BCUT2D eigenvalue weighted by Gasteiger charge is 2.27. The lowest BCUT2D eigenvalue weighted by molar-refractivity contribution is -0.870. The van der Waals surface area contributed by atoms with Crippen molar-refractivity contribution in [3.8, 4) is 0 Å². The highest BCUT2D eigenvalue weighted by atomic mass is 31.2. The largest absolute Gasteiger partial charge is 0.472 e. The van der Waals surface area contributed by atoms with Gasteiger partial charge in [0.25, 0.3) is 0 Å². The zero-order chi connectivity index (χ0) is 33.7. The quantitative estimate of drug-likeness (QED) is 0.0258. The SMILES string of the molecule is CCCC/C=C/C/C=C/CCCCCCCC(=O)O[C@H](COC(=O)CCCCCCCCC)COP(=O)(O)OCC[N+](C)(C)C. The van der Waals surface area contributed by atoms with E-state index in [1.165, 1.54) is 38.5 Å². The van der Waals surface area contributed by atoms with E-state index in [9.17, 15) is 19.0 Å². The van der Waals surface area contributed by atoms with Crippen molar-refractivity contribution in [3.05, 3.63) is 24.3 Å². The average molecular weight is 661 g/mol. The van der Waals surface area contributed by atoms with Crippen LogP contribution in [0.5, 0.6) is 0 Å². The maximum absolute atomic E-state index is 12.5. The van der Waals surface area contributed by atoms with Crippen LogP contribution in [0.1, 0.15) is 136 Å². The second-order valence-corrected chi connectivity index (χ2v) is 14.4. The molecular weight excluding hydrogens is 593 g/mol. The fourth-order valence-corrected chi connectivity index (χ4v) is 5.12. The second kappa shape index (κ2) is 28.7. The predicted molar refractivity (Wildman–Crippen MR) is 183 cm³/mol. The molecular formula is C35H67NO8P+. The van der Waals surface area contributed by atoms with Crippen LogP contribution in [0.4, 0.5) is 0 Å². The Morgan fingerprint density at radius 3 is 1.82 bits per heavy atom. The lowest BCUT2D eigenvalue weighted by Crippen LogP contribution is -2.37. The predicted octanol–water partition coefficient (Wildman–Crippen LogP) is 8.85. The number of phosphoric ester groups is 1. The molecule has 0 fully saturated rings. The van der Waals surface area contributed by atoms with Gasteiger partial charge in [0.15, 0.2) is 6.10 Å². The topological polar surface area (TPSA) is 108 Å². The summed E-state index contributed by atoms with van der Waals surface area (Å²) in [6.45, 7) is 4.29. The van der Waals surface area contributed by atoms with Crippen molar-refractivity contribution in [2.24, 2.45) is 0 Å². The Kier molecular flexibility index (Phi) is 27.7. The van der Waals surface area contributed by atoms with Gasteiger partial charge >= 0.3 is 19.8 Å². The summed E-state index contributed by atoms with van der Waals surface area (Å²) < 4.78 is 34.0. The number of ether oxygens (including phenoxy) is 2. The number of nitrogens with zero attached hydrogens (tertiary/aromatic N) is 1. The number of carbonyl (C=O) groups is 2. The Bertz CT molecular complexity index is 840. The number of hydrogen-bond donors (Lipinski definition) is 1. The summed E-state index contributed by atoms with van der Waals surface area (Å²) >= 11 is 0. The van der Waals surface area contributed by atoms with Gasteiger partial charge in [0.2, 0.25) is 0 Å². The molecule has 0 rings (SSSR count). The Morgan fingerprint density at radius 1 is 0.689 bits per heavy atom. The monoisotopic (exact) mass is 660 g/mol. The molecule has 0 saturated heterocycles. The number of quaternary nitrogens is 1. The minimum atomic E-state index is -4.36. The summed E-state index contributed by atoms with van der Waals surface area (Å²) in [6, 6.07) is 0. The Morgan fingerprint density at radius 2 is 1.22 bits per heavy atom. The minimum absolute atomic E-state index is 0.0297. The Balaban J connectivity index is 4.48. The van der Waals surface area contributed by atoms with E-state index in [0.717, 1.165) is 64.2 Å². The fourth-order valence-electron chi connectivity index (χ4n) is 4.38. The molecule has 0 heterocycles. The molecule has 0 aromatic heterocycles. The maximum atomic E-state index is 12.5. The van der Waals surface area contributed by atoms with Gasteiger partial charge in [-0.1, -0.05) is 109 Å². The van der Waals surface area contributed by atoms with E-state index in [4.69, 9.17) is 18.5 Å². The van der Waals surface area contributed by atoms with Crippen molar-refractivity contribution in [1.82, 2.24) is 0 Å². The van der Waals surface area contributed by atoms with Crippen LogP contribution in [0.3, 0.4) is 0 Å². The van der Waals surface area contributed by atoms with Crippen molar-refractivity contribution >= 4 is 19.8 Å². The molecule has 9 nitrogen and oxygen atoms in total. The summed E-state index contributed by atoms with van der Waals surface area (Å²) in [6.07, 6.45) is 26.7. The zero-order valence-electron chi connectivity index (χ0n) is 29.3. The third-order valence-electron chi connectivity index (χ3n) is 7.23. The molecule has 0 bridgehead atoms. The third-order valence-corrected chi connectivity index (χ3v) is 8.22. The summed E-state index contributed by atoms with van der Waals surface area (Å²) in [7, 11) is 1.46. The van der Waals surface area contributed by atoms with Crippen molar-refractivity contribution in [2.75, 3.05) is 47.5 Å². The van der Waals surface area contributed by atoms with Gasteiger partial charge in [-0.25, -0.2) is 4.57 Å². The van der Waals surface area contributed by atoms with Gasteiger partial charge in [-0.05, 0) is 38.5 Å². The number of carbonyl (C=O) groups excluding carboxylic acids is 2. The molecule has 0 aliphatic carbocycles. The van der Waals surface area contributed by atoms with Gasteiger partial charge in [0, 0.05) is 12.8 Å². The lowest BCUT2D eigenvalue weighted by atomic mass is 10.1. The first kappa shape index (κ1) is 43.5. The first-order chi connectivity index (χ1) is 21.5. The van der Waals surface area contributed by atoms with Gasteiger partial charge in [0.05, 0.1) is 27.7 Å². The molecule has 1 N–H and O–H groups in total. The molecule has 0 saturated carbocycles. The van der Waals surface area contributed by atoms with Crippen LogP contribution in [0.2, 0.25) is 0 Å². The van der Waals surface area contributed by atoms with Crippen LogP contribution in [-0.4, -0.2) is 74.9 Å². The van der Waals surface area contributed by atoms with Crippen molar-refractivity contribution < 1.29 is 42.1 Å². The molecule has 45 heavy (non-hydrogen) atoms. The van der Waals surface area contributed by atoms with Crippen molar-refractivity contribution in [2.45, 2.75) is 142 Å². The summed E-state index contributed by atoms with van der Waals surface area (Å²) in [5, 5.41) is 0. The molecule has 0 aromatic rings. The lowest BCUT2D eigenvalue weighted by Gasteiger charge is -2.24. The third kappa shape index (κ3) is 32.2. The van der Waals surface area contributed by atoms with Gasteiger partial charge in [-0.3, -0.25) is 18.6 Å². The smallest absolute Gasteiger partial charge is 0.462 e. The number of hydrogen-bond acceptors (Lipinski definition) is 7. The molecule has 1 unspecified atom stereocenters. The number of unbranched alkanes of at least 4 members (excludes halogenated alkanes) is 13. The first-order valence-corrected chi connectivity index (χ1v) is 19.1. The summed E-state index contributed by atoms with van der Waals surface area (Å²) in [4.78, 5) is 34.9. The van der Waals surface area contributed by atoms with Gasteiger partial charge < -0.3 is 18.9 Å². The van der Waals surface area contributed by atoms with E-state index in [-0.39, 0.29) is 32.0 Å². The second-order valence-electron chi connectivity index (χ2n) is 12.9. The Labute approximate surface area is 275 Å². The number of rotatable bonds is 31. The summed E-state index contributed by atoms with van der Waals surface area (Å²) in [5.74, 6) is -0.824. The standard InChI is InChI=1S/C35H66NO8P/c1-6-8-10-12-14-15-16-17-18-19-20-22-24-26-28-35(38)44-33(32-43-45(39,40)42-30-29-36(3,4)5)31-41-34(37)27-25-23-21-13-11-9-7-2/h12,14,16-17,33H,6-11,13,15,18-32H2,1-5H3/p+1/b14-12+,17-16+/t33-/m1/s1. The number of allylic oxidation sites excluding steroid dienone is 4. The molecule has 2 atom stereocenters. The first-order valence-electron chi connectivity index (χ1n) is 17.6. The summed E-state index contributed by atoms with van der Waals surface area (Å²) in [5.41, 5.74) is 0. The molecule has 0 radical (unpaired) electrons. The molecule has 0 aliphatic heterocycles. The van der Waals surface area contributed by atoms with Crippen molar-refractivity contribution in [3.63, 3.8) is 0 Å². The molecule has 264 valence electrons. The van der Waals surface area contributed by atoms with E-state index >= 15 is 0 Å². The van der Waals surface area contributed by atoms with Crippen LogP contribution < -0.4 is 0 Å². The maximum Gasteiger partial charge on any atom is 0.472 e. The normalized spacial score (nSPS) is 14.2. The Hall–Kier alpha value is -1.51. The van der Waals surface area contributed by atoms with Crippen molar-refractivity contribution in [1.29, 1.82) is 0 Å². The highest BCUT2D eigenvalue weighted by molar-refractivity contribution is 7.47. The molecule has 0 amide bonds. The van der Waals surface area contributed by atoms with Crippen LogP contribution >= 0.6 is 7.82 Å². The van der Waals surface area contributed by atoms with Gasteiger partial charge in [-0.15, -0.1) is 0 Å². The van der Waals surface area contributed by atoms with E-state index in [0.29, 0.717) is 17.4 Å². The number of likely N-dealkylation sites (N-methyl/N-ethyl adjacent to an activating group) is 1. The highest BCUT2D eigenvalue weighted by Crippen LogP contribution is 2.43.